The van der Waals surface area contributed by atoms with Gasteiger partial charge in [0.05, 0.1) is 17.4 Å². The van der Waals surface area contributed by atoms with Crippen molar-refractivity contribution < 1.29 is 33.2 Å². The Morgan fingerprint density at radius 3 is 2.32 bits per heavy atom. The quantitative estimate of drug-likeness (QED) is 0.306. The Kier molecular flexibility index (Phi) is 6.34. The fourth-order valence-electron chi connectivity index (χ4n) is 2.87. The minimum Gasteiger partial charge on any atom is -0.457 e. The predicted molar refractivity (Wildman–Crippen MR) is 102 cm³/mol. The number of hydrogen-bond acceptors (Lipinski definition) is 7. The van der Waals surface area contributed by atoms with Gasteiger partial charge in [0, 0.05) is 29.7 Å². The van der Waals surface area contributed by atoms with Crippen LogP contribution in [0.5, 0.6) is 0 Å². The molecule has 2 aromatic carbocycles. The summed E-state index contributed by atoms with van der Waals surface area (Å²) < 4.78 is 17.9. The van der Waals surface area contributed by atoms with Gasteiger partial charge in [0.25, 0.3) is 11.6 Å². The van der Waals surface area contributed by atoms with E-state index in [-0.39, 0.29) is 29.8 Å². The van der Waals surface area contributed by atoms with Crippen LogP contribution in [0.2, 0.25) is 0 Å². The third kappa shape index (κ3) is 5.26. The molecule has 1 atom stereocenters. The molecule has 1 heterocycles. The first-order valence-electron chi connectivity index (χ1n) is 9.06. The third-order valence-corrected chi connectivity index (χ3v) is 4.55. The molecule has 0 spiro atoms. The van der Waals surface area contributed by atoms with Crippen LogP contribution in [-0.4, -0.2) is 46.7 Å². The minimum absolute atomic E-state index is 0.0920. The number of nitrogens with zero attached hydrogens (tertiary/aromatic N) is 2. The number of esters is 1. The number of Topliss-reactive ketones (excluding diaryl/α,β-unsaturated/α-hetero) is 1. The molecule has 2 amide bonds. The number of carbonyl (C=O) groups is 4. The summed E-state index contributed by atoms with van der Waals surface area (Å²) in [5, 5.41) is 11.6. The molecule has 0 unspecified atom stereocenters. The number of nitrogens with one attached hydrogen (secondary N) is 1. The molecule has 0 bridgehead atoms. The van der Waals surface area contributed by atoms with Crippen molar-refractivity contribution in [3.8, 4) is 0 Å². The summed E-state index contributed by atoms with van der Waals surface area (Å²) in [6.45, 7) is -0.717. The van der Waals surface area contributed by atoms with Gasteiger partial charge in [-0.3, -0.25) is 39.7 Å². The van der Waals surface area contributed by atoms with E-state index in [4.69, 9.17) is 4.74 Å². The second kappa shape index (κ2) is 9.11. The van der Waals surface area contributed by atoms with Crippen LogP contribution >= 0.6 is 0 Å². The normalized spacial score (nSPS) is 15.5. The Balaban J connectivity index is 1.52. The predicted octanol–water partition coefficient (Wildman–Crippen LogP) is 1.65. The van der Waals surface area contributed by atoms with E-state index < -0.39 is 46.8 Å². The maximum absolute atomic E-state index is 12.9. The fourth-order valence-corrected chi connectivity index (χ4v) is 2.87. The lowest BCUT2D eigenvalue weighted by atomic mass is 10.1. The number of ketones is 1. The molecule has 11 heteroatoms. The van der Waals surface area contributed by atoms with Gasteiger partial charge >= 0.3 is 5.97 Å². The monoisotopic (exact) mass is 429 g/mol. The number of hydrogen-bond donors (Lipinski definition) is 1. The van der Waals surface area contributed by atoms with Gasteiger partial charge in [-0.1, -0.05) is 0 Å². The Bertz CT molecular complexity index is 1040. The smallest absolute Gasteiger partial charge is 0.311 e. The highest BCUT2D eigenvalue weighted by atomic mass is 19.1. The first-order chi connectivity index (χ1) is 14.7. The van der Waals surface area contributed by atoms with E-state index in [1.165, 1.54) is 24.3 Å². The van der Waals surface area contributed by atoms with Crippen molar-refractivity contribution in [2.45, 2.75) is 6.42 Å². The fraction of sp³-hybridized carbons (Fsp3) is 0.200. The molecule has 0 radical (unpaired) electrons. The summed E-state index contributed by atoms with van der Waals surface area (Å²) in [6, 6.07) is 9.52. The Morgan fingerprint density at radius 2 is 1.71 bits per heavy atom. The second-order valence-electron chi connectivity index (χ2n) is 6.69. The topological polar surface area (TPSA) is 136 Å². The highest BCUT2D eigenvalue weighted by Crippen LogP contribution is 2.19. The Hall–Kier alpha value is -4.15. The van der Waals surface area contributed by atoms with Crippen molar-refractivity contribution in [3.05, 3.63) is 75.6 Å². The molecule has 3 rings (SSSR count). The van der Waals surface area contributed by atoms with Crippen molar-refractivity contribution in [1.29, 1.82) is 0 Å². The lowest BCUT2D eigenvalue weighted by molar-refractivity contribution is -0.384. The molecule has 10 nitrogen and oxygen atoms in total. The molecule has 1 aliphatic rings. The van der Waals surface area contributed by atoms with Crippen molar-refractivity contribution in [1.82, 2.24) is 10.4 Å². The lowest BCUT2D eigenvalue weighted by Gasteiger charge is -2.17. The SMILES string of the molecule is O=C(COC(=O)[C@@H]1CC(=O)N(NC(=O)c2ccc([N+](=O)[O-])cc2)C1)c1ccc(F)cc1. The maximum Gasteiger partial charge on any atom is 0.311 e. The number of carbonyl (C=O) groups excluding carboxylic acids is 4. The molecule has 0 aliphatic carbocycles. The van der Waals surface area contributed by atoms with Gasteiger partial charge in [0.1, 0.15) is 5.82 Å². The van der Waals surface area contributed by atoms with Crippen molar-refractivity contribution >= 4 is 29.3 Å². The number of halogens is 1. The summed E-state index contributed by atoms with van der Waals surface area (Å²) in [6.07, 6.45) is -0.218. The molecular formula is C20H16FN3O7. The molecule has 1 saturated heterocycles. The molecule has 1 aliphatic heterocycles. The Morgan fingerprint density at radius 1 is 1.10 bits per heavy atom. The standard InChI is InChI=1S/C20H16FN3O7/c21-15-5-1-12(2-6-15)17(25)11-31-20(28)14-9-18(26)23(10-14)22-19(27)13-3-7-16(8-4-13)24(29)30/h1-8,14H,9-11H2,(H,22,27)/t14-/m1/s1. The molecule has 0 aromatic heterocycles. The molecule has 31 heavy (non-hydrogen) atoms. The second-order valence-corrected chi connectivity index (χ2v) is 6.69. The Labute approximate surface area is 174 Å². The van der Waals surface area contributed by atoms with Crippen LogP contribution in [0, 0.1) is 21.8 Å². The summed E-state index contributed by atoms with van der Waals surface area (Å²) >= 11 is 0. The number of nitro benzene ring substituents is 1. The molecule has 1 N–H and O–H groups in total. The highest BCUT2D eigenvalue weighted by molar-refractivity contribution is 5.99. The first kappa shape index (κ1) is 21.6. The van der Waals surface area contributed by atoms with Crippen LogP contribution in [0.3, 0.4) is 0 Å². The number of rotatable bonds is 7. The number of hydrazine groups is 1. The van der Waals surface area contributed by atoms with E-state index in [0.29, 0.717) is 0 Å². The largest absolute Gasteiger partial charge is 0.457 e. The summed E-state index contributed by atoms with van der Waals surface area (Å²) in [7, 11) is 0. The van der Waals surface area contributed by atoms with Crippen LogP contribution in [0.15, 0.2) is 48.5 Å². The summed E-state index contributed by atoms with van der Waals surface area (Å²) in [4.78, 5) is 58.6. The van der Waals surface area contributed by atoms with Crippen LogP contribution in [-0.2, 0) is 14.3 Å². The van der Waals surface area contributed by atoms with Gasteiger partial charge in [-0.15, -0.1) is 0 Å². The zero-order valence-corrected chi connectivity index (χ0v) is 15.9. The average molecular weight is 429 g/mol. The van der Waals surface area contributed by atoms with Gasteiger partial charge in [-0.2, -0.15) is 0 Å². The van der Waals surface area contributed by atoms with Gasteiger partial charge in [-0.25, -0.2) is 4.39 Å². The van der Waals surface area contributed by atoms with E-state index in [2.05, 4.69) is 5.43 Å². The maximum atomic E-state index is 12.9. The van der Waals surface area contributed by atoms with Crippen LogP contribution in [0.1, 0.15) is 27.1 Å². The number of nitro groups is 1. The molecular weight excluding hydrogens is 413 g/mol. The number of benzene rings is 2. The van der Waals surface area contributed by atoms with Crippen molar-refractivity contribution in [2.75, 3.05) is 13.2 Å². The number of amides is 2. The zero-order valence-electron chi connectivity index (χ0n) is 15.9. The van der Waals surface area contributed by atoms with E-state index in [1.54, 1.807) is 0 Å². The molecule has 160 valence electrons. The lowest BCUT2D eigenvalue weighted by Crippen LogP contribution is -2.43. The molecule has 2 aromatic rings. The summed E-state index contributed by atoms with van der Waals surface area (Å²) in [5.41, 5.74) is 2.42. The third-order valence-electron chi connectivity index (χ3n) is 4.55. The van der Waals surface area contributed by atoms with Crippen LogP contribution < -0.4 is 5.43 Å². The van der Waals surface area contributed by atoms with Gasteiger partial charge in [0.2, 0.25) is 5.91 Å². The van der Waals surface area contributed by atoms with Crippen LogP contribution in [0.4, 0.5) is 10.1 Å². The zero-order chi connectivity index (χ0) is 22.5. The average Bonchev–Trinajstić information content (AvgIpc) is 3.12. The van der Waals surface area contributed by atoms with Crippen molar-refractivity contribution in [2.24, 2.45) is 5.92 Å². The van der Waals surface area contributed by atoms with E-state index in [0.717, 1.165) is 29.3 Å². The van der Waals surface area contributed by atoms with Gasteiger partial charge in [0.15, 0.2) is 12.4 Å². The van der Waals surface area contributed by atoms with E-state index in [9.17, 15) is 33.7 Å². The van der Waals surface area contributed by atoms with E-state index in [1.807, 2.05) is 0 Å². The van der Waals surface area contributed by atoms with Gasteiger partial charge in [-0.05, 0) is 36.4 Å². The number of ether oxygens (including phenoxy) is 1. The number of non-ortho nitro benzene ring substituents is 1. The highest BCUT2D eigenvalue weighted by Gasteiger charge is 2.36. The molecule has 0 saturated carbocycles. The first-order valence-corrected chi connectivity index (χ1v) is 9.06. The van der Waals surface area contributed by atoms with Crippen molar-refractivity contribution in [3.63, 3.8) is 0 Å². The van der Waals surface area contributed by atoms with Gasteiger partial charge < -0.3 is 4.74 Å². The van der Waals surface area contributed by atoms with E-state index >= 15 is 0 Å². The van der Waals surface area contributed by atoms with Crippen LogP contribution in [0.25, 0.3) is 0 Å². The molecule has 1 fully saturated rings. The summed E-state index contributed by atoms with van der Waals surface area (Å²) in [5.74, 6) is -3.90. The minimum atomic E-state index is -0.884.